The maximum Gasteiger partial charge on any atom is 0.320 e. The van der Waals surface area contributed by atoms with E-state index in [1.165, 1.54) is 16.8 Å². The molecular formula is C17H15F2N5O2. The van der Waals surface area contributed by atoms with E-state index in [-0.39, 0.29) is 12.5 Å². The standard InChI is InChI=1S/C17H15F2N5O2/c18-11-3-4-13(19)12(8-11)15-2-1-6-23(15)16-5-7-24-17(21-16)14(9-20-24)22-26-10-25/h3-5,7-10,15,22H,1-2,6H2. The molecule has 0 radical (unpaired) electrons. The number of anilines is 2. The van der Waals surface area contributed by atoms with Crippen molar-refractivity contribution in [3.63, 3.8) is 0 Å². The third-order valence-corrected chi connectivity index (χ3v) is 4.44. The lowest BCUT2D eigenvalue weighted by Crippen LogP contribution is -2.24. The van der Waals surface area contributed by atoms with Gasteiger partial charge in [-0.25, -0.2) is 23.8 Å². The van der Waals surface area contributed by atoms with Crippen LogP contribution in [0.25, 0.3) is 5.65 Å². The first-order chi connectivity index (χ1) is 12.7. The normalized spacial score (nSPS) is 16.8. The Hall–Kier alpha value is -3.23. The van der Waals surface area contributed by atoms with E-state index >= 15 is 0 Å². The Labute approximate surface area is 147 Å². The molecule has 0 saturated carbocycles. The number of aromatic nitrogens is 3. The van der Waals surface area contributed by atoms with Crippen molar-refractivity contribution in [3.05, 3.63) is 53.9 Å². The molecule has 1 N–H and O–H groups in total. The largest absolute Gasteiger partial charge is 0.349 e. The Morgan fingerprint density at radius 2 is 2.19 bits per heavy atom. The van der Waals surface area contributed by atoms with Crippen LogP contribution < -0.4 is 10.4 Å². The molecule has 0 amide bonds. The van der Waals surface area contributed by atoms with E-state index in [9.17, 15) is 13.6 Å². The summed E-state index contributed by atoms with van der Waals surface area (Å²) in [5.41, 5.74) is 3.65. The second-order valence-electron chi connectivity index (χ2n) is 5.95. The summed E-state index contributed by atoms with van der Waals surface area (Å²) >= 11 is 0. The van der Waals surface area contributed by atoms with Crippen LogP contribution in [0.4, 0.5) is 20.3 Å². The van der Waals surface area contributed by atoms with Gasteiger partial charge in [-0.05, 0) is 37.1 Å². The van der Waals surface area contributed by atoms with Gasteiger partial charge in [0.15, 0.2) is 5.65 Å². The lowest BCUT2D eigenvalue weighted by molar-refractivity contribution is -0.126. The highest BCUT2D eigenvalue weighted by atomic mass is 19.1. The summed E-state index contributed by atoms with van der Waals surface area (Å²) in [4.78, 5) is 21.4. The Morgan fingerprint density at radius 1 is 1.31 bits per heavy atom. The molecule has 7 nitrogen and oxygen atoms in total. The zero-order valence-electron chi connectivity index (χ0n) is 13.6. The van der Waals surface area contributed by atoms with Gasteiger partial charge in [0.2, 0.25) is 0 Å². The summed E-state index contributed by atoms with van der Waals surface area (Å²) in [5, 5.41) is 4.11. The van der Waals surface area contributed by atoms with Crippen LogP contribution >= 0.6 is 0 Å². The third-order valence-electron chi connectivity index (χ3n) is 4.44. The molecule has 26 heavy (non-hydrogen) atoms. The van der Waals surface area contributed by atoms with Crippen LogP contribution in [0.3, 0.4) is 0 Å². The summed E-state index contributed by atoms with van der Waals surface area (Å²) in [5.74, 6) is -0.293. The maximum absolute atomic E-state index is 14.2. The van der Waals surface area contributed by atoms with Gasteiger partial charge >= 0.3 is 6.47 Å². The van der Waals surface area contributed by atoms with Gasteiger partial charge in [-0.1, -0.05) is 0 Å². The minimum absolute atomic E-state index is 0.260. The number of fused-ring (bicyclic) bond motifs is 1. The molecule has 1 aliphatic heterocycles. The summed E-state index contributed by atoms with van der Waals surface area (Å²) in [7, 11) is 0. The number of benzene rings is 1. The predicted octanol–water partition coefficient (Wildman–Crippen LogP) is 2.85. The van der Waals surface area contributed by atoms with Crippen LogP contribution in [-0.4, -0.2) is 27.6 Å². The molecule has 2 aromatic heterocycles. The summed E-state index contributed by atoms with van der Waals surface area (Å²) in [6.07, 6.45) is 4.72. The van der Waals surface area contributed by atoms with Gasteiger partial charge in [-0.2, -0.15) is 5.10 Å². The molecule has 1 aromatic carbocycles. The molecule has 134 valence electrons. The number of carbonyl (C=O) groups excluding carboxylic acids is 1. The van der Waals surface area contributed by atoms with E-state index in [1.54, 1.807) is 12.3 Å². The SMILES string of the molecule is O=CONc1cnn2ccc(N3CCCC3c3cc(F)ccc3F)nc12. The summed E-state index contributed by atoms with van der Waals surface area (Å²) < 4.78 is 29.4. The Kier molecular flexibility index (Phi) is 4.11. The number of nitrogens with one attached hydrogen (secondary N) is 1. The van der Waals surface area contributed by atoms with Gasteiger partial charge in [0.05, 0.1) is 12.2 Å². The van der Waals surface area contributed by atoms with E-state index in [0.29, 0.717) is 35.7 Å². The number of rotatable bonds is 5. The highest BCUT2D eigenvalue weighted by Gasteiger charge is 2.30. The molecule has 9 heteroatoms. The molecule has 3 aromatic rings. The first-order valence-electron chi connectivity index (χ1n) is 8.08. The van der Waals surface area contributed by atoms with E-state index < -0.39 is 11.6 Å². The fraction of sp³-hybridized carbons (Fsp3) is 0.235. The van der Waals surface area contributed by atoms with Gasteiger partial charge < -0.3 is 9.74 Å². The van der Waals surface area contributed by atoms with Crippen molar-refractivity contribution in [2.24, 2.45) is 0 Å². The monoisotopic (exact) mass is 359 g/mol. The molecule has 1 unspecified atom stereocenters. The van der Waals surface area contributed by atoms with Crippen LogP contribution in [-0.2, 0) is 9.63 Å². The number of halogens is 2. The van der Waals surface area contributed by atoms with Crippen molar-refractivity contribution in [1.29, 1.82) is 0 Å². The van der Waals surface area contributed by atoms with Crippen molar-refractivity contribution in [1.82, 2.24) is 14.6 Å². The van der Waals surface area contributed by atoms with E-state index in [0.717, 1.165) is 18.6 Å². The first kappa shape index (κ1) is 16.2. The third kappa shape index (κ3) is 2.81. The van der Waals surface area contributed by atoms with Crippen LogP contribution in [0.5, 0.6) is 0 Å². The van der Waals surface area contributed by atoms with Crippen LogP contribution in [0, 0.1) is 11.6 Å². The lowest BCUT2D eigenvalue weighted by Gasteiger charge is -2.26. The minimum Gasteiger partial charge on any atom is -0.349 e. The van der Waals surface area contributed by atoms with Crippen molar-refractivity contribution in [2.75, 3.05) is 16.9 Å². The van der Waals surface area contributed by atoms with Gasteiger partial charge in [0.1, 0.15) is 23.1 Å². The zero-order chi connectivity index (χ0) is 18.1. The molecule has 1 fully saturated rings. The van der Waals surface area contributed by atoms with Crippen molar-refractivity contribution < 1.29 is 18.4 Å². The highest BCUT2D eigenvalue weighted by molar-refractivity contribution is 5.68. The Morgan fingerprint density at radius 3 is 3.04 bits per heavy atom. The fourth-order valence-corrected chi connectivity index (χ4v) is 3.31. The second kappa shape index (κ2) is 6.58. The number of hydrogen-bond donors (Lipinski definition) is 1. The number of carbonyl (C=O) groups is 1. The summed E-state index contributed by atoms with van der Waals surface area (Å²) in [6, 6.07) is 4.96. The van der Waals surface area contributed by atoms with E-state index in [4.69, 9.17) is 0 Å². The molecule has 0 spiro atoms. The topological polar surface area (TPSA) is 71.8 Å². The Bertz CT molecular complexity index is 961. The summed E-state index contributed by atoms with van der Waals surface area (Å²) in [6.45, 7) is 0.933. The molecule has 1 aliphatic rings. The smallest absolute Gasteiger partial charge is 0.320 e. The highest BCUT2D eigenvalue weighted by Crippen LogP contribution is 2.37. The number of nitrogens with zero attached hydrogens (tertiary/aromatic N) is 4. The maximum atomic E-state index is 14.2. The quantitative estimate of drug-likeness (QED) is 0.558. The zero-order valence-corrected chi connectivity index (χ0v) is 13.6. The Balaban J connectivity index is 1.71. The van der Waals surface area contributed by atoms with E-state index in [1.807, 2.05) is 4.90 Å². The fourth-order valence-electron chi connectivity index (χ4n) is 3.31. The average Bonchev–Trinajstić information content (AvgIpc) is 3.28. The van der Waals surface area contributed by atoms with E-state index in [2.05, 4.69) is 20.4 Å². The van der Waals surface area contributed by atoms with Crippen LogP contribution in [0.15, 0.2) is 36.7 Å². The average molecular weight is 359 g/mol. The van der Waals surface area contributed by atoms with Crippen LogP contribution in [0.1, 0.15) is 24.4 Å². The second-order valence-corrected chi connectivity index (χ2v) is 5.95. The molecule has 1 saturated heterocycles. The van der Waals surface area contributed by atoms with Gasteiger partial charge in [0.25, 0.3) is 0 Å². The molecule has 4 rings (SSSR count). The molecule has 3 heterocycles. The molecule has 1 atom stereocenters. The molecule has 0 aliphatic carbocycles. The van der Waals surface area contributed by atoms with Crippen molar-refractivity contribution in [3.8, 4) is 0 Å². The lowest BCUT2D eigenvalue weighted by atomic mass is 10.0. The van der Waals surface area contributed by atoms with Gasteiger partial charge in [0, 0.05) is 18.3 Å². The molecule has 0 bridgehead atoms. The first-order valence-corrected chi connectivity index (χ1v) is 8.08. The van der Waals surface area contributed by atoms with Gasteiger partial charge in [-0.3, -0.25) is 4.79 Å². The molecular weight excluding hydrogens is 344 g/mol. The minimum atomic E-state index is -0.468. The van der Waals surface area contributed by atoms with Gasteiger partial charge in [-0.15, -0.1) is 0 Å². The van der Waals surface area contributed by atoms with Crippen LogP contribution in [0.2, 0.25) is 0 Å². The predicted molar refractivity (Wildman–Crippen MR) is 89.4 cm³/mol. The van der Waals surface area contributed by atoms with Crippen molar-refractivity contribution in [2.45, 2.75) is 18.9 Å². The number of hydrogen-bond acceptors (Lipinski definition) is 6. The van der Waals surface area contributed by atoms with Crippen molar-refractivity contribution >= 4 is 23.6 Å².